The van der Waals surface area contributed by atoms with Gasteiger partial charge in [-0.05, 0) is 74.9 Å². The van der Waals surface area contributed by atoms with Crippen LogP contribution in [-0.4, -0.2) is 67.4 Å². The standard InChI is InChI=1S/C25H30N2O2/c1-26-15-3-4-16-27-23(17-26)25(24(27)18-28)21-11-7-19(8-12-21)5-6-20-9-13-22(29-2)14-10-20/h7-14,23-25,28H,3-4,15-18H2,1-2H3/t23-,24-,25+/m1/s1. The first kappa shape index (κ1) is 20.0. The highest BCUT2D eigenvalue weighted by molar-refractivity contribution is 5.45. The minimum atomic E-state index is 0.226. The second-order valence-corrected chi connectivity index (χ2v) is 8.15. The molecule has 4 rings (SSSR count). The molecular weight excluding hydrogens is 360 g/mol. The van der Waals surface area contributed by atoms with Crippen LogP contribution in [0.1, 0.15) is 35.4 Å². The third kappa shape index (κ3) is 4.33. The number of rotatable bonds is 3. The van der Waals surface area contributed by atoms with Crippen LogP contribution < -0.4 is 4.74 Å². The molecule has 2 saturated heterocycles. The second-order valence-electron chi connectivity index (χ2n) is 8.15. The number of hydrogen-bond donors (Lipinski definition) is 1. The summed E-state index contributed by atoms with van der Waals surface area (Å²) in [5.41, 5.74) is 3.30. The summed E-state index contributed by atoms with van der Waals surface area (Å²) in [5.74, 6) is 7.70. The number of fused-ring (bicyclic) bond motifs is 1. The van der Waals surface area contributed by atoms with Crippen molar-refractivity contribution in [3.05, 3.63) is 65.2 Å². The maximum Gasteiger partial charge on any atom is 0.118 e. The van der Waals surface area contributed by atoms with E-state index in [0.717, 1.165) is 30.0 Å². The van der Waals surface area contributed by atoms with Gasteiger partial charge in [-0.2, -0.15) is 0 Å². The molecule has 0 aromatic heterocycles. The Labute approximate surface area is 174 Å². The zero-order valence-electron chi connectivity index (χ0n) is 17.3. The van der Waals surface area contributed by atoms with Gasteiger partial charge in [0.25, 0.3) is 0 Å². The van der Waals surface area contributed by atoms with E-state index in [9.17, 15) is 5.11 Å². The van der Waals surface area contributed by atoms with Gasteiger partial charge >= 0.3 is 0 Å². The van der Waals surface area contributed by atoms with Gasteiger partial charge in [-0.15, -0.1) is 0 Å². The zero-order chi connectivity index (χ0) is 20.2. The van der Waals surface area contributed by atoms with Crippen LogP contribution in [0.3, 0.4) is 0 Å². The summed E-state index contributed by atoms with van der Waals surface area (Å²) in [5, 5.41) is 10.0. The highest BCUT2D eigenvalue weighted by atomic mass is 16.5. The Bertz CT molecular complexity index is 866. The summed E-state index contributed by atoms with van der Waals surface area (Å²) in [4.78, 5) is 4.95. The van der Waals surface area contributed by atoms with E-state index in [0.29, 0.717) is 12.0 Å². The lowest BCUT2D eigenvalue weighted by Gasteiger charge is -2.57. The van der Waals surface area contributed by atoms with Gasteiger partial charge < -0.3 is 14.7 Å². The predicted molar refractivity (Wildman–Crippen MR) is 116 cm³/mol. The lowest BCUT2D eigenvalue weighted by Crippen LogP contribution is -2.67. The molecule has 0 saturated carbocycles. The molecule has 2 aliphatic rings. The van der Waals surface area contributed by atoms with Crippen molar-refractivity contribution >= 4 is 0 Å². The van der Waals surface area contributed by atoms with E-state index in [1.165, 1.54) is 24.9 Å². The summed E-state index contributed by atoms with van der Waals surface area (Å²) in [6, 6.07) is 17.1. The van der Waals surface area contributed by atoms with Crippen LogP contribution in [0.25, 0.3) is 0 Å². The van der Waals surface area contributed by atoms with Gasteiger partial charge in [0.2, 0.25) is 0 Å². The first-order valence-corrected chi connectivity index (χ1v) is 10.5. The van der Waals surface area contributed by atoms with Crippen molar-refractivity contribution in [1.82, 2.24) is 9.80 Å². The number of ether oxygens (including phenoxy) is 1. The first-order chi connectivity index (χ1) is 14.2. The smallest absolute Gasteiger partial charge is 0.118 e. The predicted octanol–water partition coefficient (Wildman–Crippen LogP) is 2.95. The SMILES string of the molecule is COc1ccc(C#Cc2ccc([C@@H]3[C@@H](CO)N4CCCCN(C)C[C@H]34)cc2)cc1. The van der Waals surface area contributed by atoms with Crippen LogP contribution in [0, 0.1) is 11.8 Å². The highest BCUT2D eigenvalue weighted by Crippen LogP contribution is 2.41. The second kappa shape index (κ2) is 9.00. The Hall–Kier alpha value is -2.32. The van der Waals surface area contributed by atoms with Crippen molar-refractivity contribution in [3.63, 3.8) is 0 Å². The fourth-order valence-electron chi connectivity index (χ4n) is 4.72. The van der Waals surface area contributed by atoms with E-state index in [4.69, 9.17) is 4.74 Å². The number of hydrogen-bond acceptors (Lipinski definition) is 4. The molecule has 0 amide bonds. The first-order valence-electron chi connectivity index (χ1n) is 10.5. The van der Waals surface area contributed by atoms with E-state index < -0.39 is 0 Å². The van der Waals surface area contributed by atoms with Gasteiger partial charge in [0.1, 0.15) is 5.75 Å². The number of nitrogens with zero attached hydrogens (tertiary/aromatic N) is 2. The zero-order valence-corrected chi connectivity index (χ0v) is 17.3. The molecule has 3 atom stereocenters. The van der Waals surface area contributed by atoms with Crippen LogP contribution in [0.4, 0.5) is 0 Å². The van der Waals surface area contributed by atoms with Crippen molar-refractivity contribution < 1.29 is 9.84 Å². The van der Waals surface area contributed by atoms with Crippen LogP contribution in [0.15, 0.2) is 48.5 Å². The van der Waals surface area contributed by atoms with Crippen molar-refractivity contribution in [2.75, 3.05) is 40.4 Å². The van der Waals surface area contributed by atoms with Crippen LogP contribution in [-0.2, 0) is 0 Å². The normalized spacial score (nSPS) is 25.0. The summed E-state index contributed by atoms with van der Waals surface area (Å²) in [7, 11) is 3.88. The van der Waals surface area contributed by atoms with E-state index >= 15 is 0 Å². The summed E-state index contributed by atoms with van der Waals surface area (Å²) >= 11 is 0. The van der Waals surface area contributed by atoms with Crippen molar-refractivity contribution in [2.24, 2.45) is 0 Å². The van der Waals surface area contributed by atoms with E-state index in [1.54, 1.807) is 7.11 Å². The molecular formula is C25H30N2O2. The molecule has 2 aromatic carbocycles. The average Bonchev–Trinajstić information content (AvgIpc) is 2.74. The molecule has 2 heterocycles. The van der Waals surface area contributed by atoms with Gasteiger partial charge in [-0.1, -0.05) is 24.0 Å². The summed E-state index contributed by atoms with van der Waals surface area (Å²) < 4.78 is 5.19. The maximum atomic E-state index is 10.0. The Kier molecular flexibility index (Phi) is 6.20. The molecule has 0 bridgehead atoms. The molecule has 4 nitrogen and oxygen atoms in total. The molecule has 1 N–H and O–H groups in total. The number of aliphatic hydroxyl groups excluding tert-OH is 1. The fourth-order valence-corrected chi connectivity index (χ4v) is 4.72. The molecule has 152 valence electrons. The van der Waals surface area contributed by atoms with Gasteiger partial charge in [-0.25, -0.2) is 0 Å². The number of likely N-dealkylation sites (N-methyl/N-ethyl adjacent to an activating group) is 1. The number of benzene rings is 2. The Morgan fingerprint density at radius 3 is 2.21 bits per heavy atom. The van der Waals surface area contributed by atoms with E-state index in [-0.39, 0.29) is 12.6 Å². The number of methoxy groups -OCH3 is 1. The van der Waals surface area contributed by atoms with Gasteiger partial charge in [0.05, 0.1) is 13.7 Å². The summed E-state index contributed by atoms with van der Waals surface area (Å²) in [6.45, 7) is 3.57. The van der Waals surface area contributed by atoms with Crippen LogP contribution >= 0.6 is 0 Å². The van der Waals surface area contributed by atoms with Gasteiger partial charge in [0, 0.05) is 35.7 Å². The largest absolute Gasteiger partial charge is 0.497 e. The minimum Gasteiger partial charge on any atom is -0.497 e. The Morgan fingerprint density at radius 2 is 1.59 bits per heavy atom. The third-order valence-electron chi connectivity index (χ3n) is 6.31. The quantitative estimate of drug-likeness (QED) is 0.818. The number of aliphatic hydroxyl groups is 1. The van der Waals surface area contributed by atoms with Crippen molar-refractivity contribution in [2.45, 2.75) is 30.8 Å². The molecule has 0 radical (unpaired) electrons. The summed E-state index contributed by atoms with van der Waals surface area (Å²) in [6.07, 6.45) is 2.45. The molecule has 2 fully saturated rings. The molecule has 4 heteroatoms. The molecule has 0 spiro atoms. The van der Waals surface area contributed by atoms with Gasteiger partial charge in [0.15, 0.2) is 0 Å². The van der Waals surface area contributed by atoms with Crippen molar-refractivity contribution in [1.29, 1.82) is 0 Å². The molecule has 2 aromatic rings. The van der Waals surface area contributed by atoms with Crippen molar-refractivity contribution in [3.8, 4) is 17.6 Å². The highest BCUT2D eigenvalue weighted by Gasteiger charge is 2.48. The monoisotopic (exact) mass is 390 g/mol. The lowest BCUT2D eigenvalue weighted by molar-refractivity contribution is -0.0614. The van der Waals surface area contributed by atoms with Crippen LogP contribution in [0.2, 0.25) is 0 Å². The topological polar surface area (TPSA) is 35.9 Å². The Morgan fingerprint density at radius 1 is 0.966 bits per heavy atom. The molecule has 29 heavy (non-hydrogen) atoms. The average molecular weight is 391 g/mol. The maximum absolute atomic E-state index is 10.0. The lowest BCUT2D eigenvalue weighted by atomic mass is 9.74. The van der Waals surface area contributed by atoms with E-state index in [1.807, 2.05) is 24.3 Å². The third-order valence-corrected chi connectivity index (χ3v) is 6.31. The fraction of sp³-hybridized carbons (Fsp3) is 0.440. The molecule has 0 aliphatic carbocycles. The molecule has 0 unspecified atom stereocenters. The van der Waals surface area contributed by atoms with Gasteiger partial charge in [-0.3, -0.25) is 4.90 Å². The van der Waals surface area contributed by atoms with E-state index in [2.05, 4.69) is 53.0 Å². The minimum absolute atomic E-state index is 0.226. The molecule has 2 aliphatic heterocycles. The van der Waals surface area contributed by atoms with Crippen LogP contribution in [0.5, 0.6) is 5.75 Å². The Balaban J connectivity index is 1.48.